The van der Waals surface area contributed by atoms with Crippen molar-refractivity contribution in [2.75, 3.05) is 37.9 Å². The fourth-order valence-electron chi connectivity index (χ4n) is 4.49. The van der Waals surface area contributed by atoms with Crippen LogP contribution in [0.5, 0.6) is 5.75 Å². The van der Waals surface area contributed by atoms with Crippen LogP contribution < -0.4 is 10.6 Å². The molecule has 1 aliphatic rings. The van der Waals surface area contributed by atoms with E-state index >= 15 is 0 Å². The van der Waals surface area contributed by atoms with Gasteiger partial charge in [-0.15, -0.1) is 10.2 Å². The highest BCUT2D eigenvalue weighted by Gasteiger charge is 2.31. The second-order valence-electron chi connectivity index (χ2n) is 8.28. The molecule has 0 bridgehead atoms. The molecule has 0 unspecified atom stereocenters. The number of hydrogen-bond acceptors (Lipinski definition) is 8. The Morgan fingerprint density at radius 3 is 2.61 bits per heavy atom. The van der Waals surface area contributed by atoms with E-state index in [2.05, 4.69) is 15.1 Å². The summed E-state index contributed by atoms with van der Waals surface area (Å²) in [5, 5.41) is 18.6. The Balaban J connectivity index is 1.67. The molecular weight excluding hydrogens is 420 g/mol. The Morgan fingerprint density at radius 2 is 1.91 bits per heavy atom. The lowest BCUT2D eigenvalue weighted by atomic mass is 9.85. The summed E-state index contributed by atoms with van der Waals surface area (Å²) in [4.78, 5) is 14.1. The number of phenols is 1. The summed E-state index contributed by atoms with van der Waals surface area (Å²) < 4.78 is 10.6. The Hall–Kier alpha value is -3.65. The number of nitrogens with zero attached hydrogens (tertiary/aromatic N) is 3. The third-order valence-electron chi connectivity index (χ3n) is 6.20. The number of aryl methyl sites for hydroxylation is 1. The topological polar surface area (TPSA) is 111 Å². The Bertz CT molecular complexity index is 1170. The molecule has 1 saturated heterocycles. The third kappa shape index (κ3) is 4.61. The summed E-state index contributed by atoms with van der Waals surface area (Å²) in [7, 11) is 3.09. The van der Waals surface area contributed by atoms with Crippen LogP contribution in [0.25, 0.3) is 11.3 Å². The van der Waals surface area contributed by atoms with E-state index in [1.54, 1.807) is 31.4 Å². The van der Waals surface area contributed by atoms with Crippen molar-refractivity contribution in [1.29, 1.82) is 0 Å². The van der Waals surface area contributed by atoms with E-state index in [9.17, 15) is 9.90 Å². The zero-order valence-corrected chi connectivity index (χ0v) is 19.0. The van der Waals surface area contributed by atoms with Crippen molar-refractivity contribution in [2.24, 2.45) is 0 Å². The number of carbonyl (C=O) groups is 1. The molecule has 3 aromatic rings. The van der Waals surface area contributed by atoms with Gasteiger partial charge < -0.3 is 25.2 Å². The number of esters is 1. The van der Waals surface area contributed by atoms with Gasteiger partial charge in [-0.2, -0.15) is 0 Å². The van der Waals surface area contributed by atoms with Crippen molar-refractivity contribution in [1.82, 2.24) is 10.2 Å². The van der Waals surface area contributed by atoms with E-state index in [0.29, 0.717) is 35.7 Å². The Labute approximate surface area is 193 Å². The van der Waals surface area contributed by atoms with Crippen LogP contribution in [0.2, 0.25) is 0 Å². The molecule has 8 nitrogen and oxygen atoms in total. The molecule has 8 heteroatoms. The van der Waals surface area contributed by atoms with Crippen molar-refractivity contribution in [3.63, 3.8) is 0 Å². The molecule has 3 N–H and O–H groups in total. The minimum atomic E-state index is -0.350. The highest BCUT2D eigenvalue weighted by atomic mass is 16.5. The number of piperidine rings is 1. The number of aromatic nitrogens is 2. The first kappa shape index (κ1) is 22.5. The molecule has 0 aliphatic carbocycles. The number of methoxy groups -OCH3 is 2. The van der Waals surface area contributed by atoms with E-state index in [4.69, 9.17) is 15.2 Å². The number of ether oxygens (including phenoxy) is 2. The number of nitrogen functional groups attached to an aromatic ring is 1. The summed E-state index contributed by atoms with van der Waals surface area (Å²) in [5.41, 5.74) is 10.8. The number of aromatic hydroxyl groups is 1. The number of para-hydroxylation sites is 1. The fourth-order valence-corrected chi connectivity index (χ4v) is 4.49. The predicted octanol–water partition coefficient (Wildman–Crippen LogP) is 3.54. The fraction of sp³-hybridized carbons (Fsp3) is 0.320. The van der Waals surface area contributed by atoms with Gasteiger partial charge in [0, 0.05) is 31.7 Å². The largest absolute Gasteiger partial charge is 0.507 e. The van der Waals surface area contributed by atoms with Crippen molar-refractivity contribution in [3.05, 3.63) is 65.2 Å². The molecule has 2 atom stereocenters. The van der Waals surface area contributed by atoms with E-state index < -0.39 is 0 Å². The molecule has 2 aromatic carbocycles. The smallest absolute Gasteiger partial charge is 0.337 e. The highest BCUT2D eigenvalue weighted by molar-refractivity contribution is 5.89. The maximum absolute atomic E-state index is 11.9. The lowest BCUT2D eigenvalue weighted by Gasteiger charge is -2.39. The van der Waals surface area contributed by atoms with Crippen LogP contribution in [0.4, 0.5) is 11.5 Å². The first-order valence-electron chi connectivity index (χ1n) is 10.8. The number of rotatable bonds is 5. The zero-order chi connectivity index (χ0) is 23.5. The number of nitrogens with two attached hydrogens (primary N) is 1. The van der Waals surface area contributed by atoms with Crippen LogP contribution in [0, 0.1) is 6.92 Å². The van der Waals surface area contributed by atoms with Gasteiger partial charge in [0.1, 0.15) is 5.75 Å². The highest BCUT2D eigenvalue weighted by Crippen LogP contribution is 2.36. The normalized spacial score (nSPS) is 18.2. The molecule has 1 fully saturated rings. The van der Waals surface area contributed by atoms with Gasteiger partial charge in [-0.3, -0.25) is 0 Å². The standard InChI is InChI=1S/C25H28N4O4/c1-15-10-16(25(31)33-3)8-9-19(15)17-11-18(32-2)14-29(13-17)22-12-21(27-28-24(22)26)20-6-4-5-7-23(20)30/h4-10,12,17-18,30H,11,13-14H2,1-3H3,(H2,26,28)/t17-,18+/m0/s1. The van der Waals surface area contributed by atoms with Crippen LogP contribution in [-0.2, 0) is 9.47 Å². The maximum Gasteiger partial charge on any atom is 0.337 e. The van der Waals surface area contributed by atoms with E-state index in [1.165, 1.54) is 7.11 Å². The van der Waals surface area contributed by atoms with Gasteiger partial charge in [0.25, 0.3) is 0 Å². The first-order chi connectivity index (χ1) is 15.9. The first-order valence-corrected chi connectivity index (χ1v) is 10.8. The second-order valence-corrected chi connectivity index (χ2v) is 8.28. The summed E-state index contributed by atoms with van der Waals surface area (Å²) in [5.74, 6) is 0.270. The summed E-state index contributed by atoms with van der Waals surface area (Å²) >= 11 is 0. The van der Waals surface area contributed by atoms with E-state index in [0.717, 1.165) is 23.2 Å². The van der Waals surface area contributed by atoms with Gasteiger partial charge in [-0.25, -0.2) is 4.79 Å². The number of carbonyl (C=O) groups excluding carboxylic acids is 1. The van der Waals surface area contributed by atoms with Crippen molar-refractivity contribution in [2.45, 2.75) is 25.4 Å². The Kier molecular flexibility index (Phi) is 6.46. The average molecular weight is 449 g/mol. The number of anilines is 2. The van der Waals surface area contributed by atoms with Gasteiger partial charge in [-0.05, 0) is 54.8 Å². The van der Waals surface area contributed by atoms with Gasteiger partial charge in [-0.1, -0.05) is 18.2 Å². The summed E-state index contributed by atoms with van der Waals surface area (Å²) in [6.45, 7) is 3.36. The van der Waals surface area contributed by atoms with E-state index in [1.807, 2.05) is 31.2 Å². The molecule has 1 aliphatic heterocycles. The lowest BCUT2D eigenvalue weighted by molar-refractivity contribution is 0.0600. The quantitative estimate of drug-likeness (QED) is 0.570. The molecule has 1 aromatic heterocycles. The summed E-state index contributed by atoms with van der Waals surface area (Å²) in [6.07, 6.45) is 0.834. The minimum absolute atomic E-state index is 0.00965. The van der Waals surface area contributed by atoms with Gasteiger partial charge in [0.15, 0.2) is 5.82 Å². The third-order valence-corrected chi connectivity index (χ3v) is 6.20. The summed E-state index contributed by atoms with van der Waals surface area (Å²) in [6, 6.07) is 14.5. The molecule has 0 amide bonds. The minimum Gasteiger partial charge on any atom is -0.507 e. The predicted molar refractivity (Wildman–Crippen MR) is 126 cm³/mol. The van der Waals surface area contributed by atoms with Gasteiger partial charge >= 0.3 is 5.97 Å². The SMILES string of the molecule is COC(=O)c1ccc([C@H]2C[C@@H](OC)CN(c3cc(-c4ccccc4O)nnc3N)C2)c(C)c1. The van der Waals surface area contributed by atoms with Crippen LogP contribution >= 0.6 is 0 Å². The molecule has 2 heterocycles. The second kappa shape index (κ2) is 9.46. The zero-order valence-electron chi connectivity index (χ0n) is 19.0. The number of benzene rings is 2. The molecule has 4 rings (SSSR count). The monoisotopic (exact) mass is 448 g/mol. The molecule has 0 saturated carbocycles. The van der Waals surface area contributed by atoms with Crippen LogP contribution in [0.1, 0.15) is 33.8 Å². The van der Waals surface area contributed by atoms with E-state index in [-0.39, 0.29) is 23.7 Å². The number of hydrogen-bond donors (Lipinski definition) is 2. The van der Waals surface area contributed by atoms with Gasteiger partial charge in [0.2, 0.25) is 0 Å². The number of phenolic OH excluding ortho intramolecular Hbond substituents is 1. The van der Waals surface area contributed by atoms with Crippen LogP contribution in [0.3, 0.4) is 0 Å². The average Bonchev–Trinajstić information content (AvgIpc) is 2.83. The van der Waals surface area contributed by atoms with Crippen LogP contribution in [-0.4, -0.2) is 54.7 Å². The molecule has 0 radical (unpaired) electrons. The molecule has 0 spiro atoms. The molecular formula is C25H28N4O4. The lowest BCUT2D eigenvalue weighted by Crippen LogP contribution is -2.43. The van der Waals surface area contributed by atoms with Crippen molar-refractivity contribution >= 4 is 17.5 Å². The Morgan fingerprint density at radius 1 is 1.12 bits per heavy atom. The molecule has 33 heavy (non-hydrogen) atoms. The maximum atomic E-state index is 11.9. The van der Waals surface area contributed by atoms with Gasteiger partial charge in [0.05, 0.1) is 30.2 Å². The van der Waals surface area contributed by atoms with Crippen LogP contribution in [0.15, 0.2) is 48.5 Å². The molecule has 172 valence electrons. The van der Waals surface area contributed by atoms with Crippen molar-refractivity contribution in [3.8, 4) is 17.0 Å². The van der Waals surface area contributed by atoms with Crippen molar-refractivity contribution < 1.29 is 19.4 Å².